The molecule has 35 heavy (non-hydrogen) atoms. The summed E-state index contributed by atoms with van der Waals surface area (Å²) in [6, 6.07) is 17.3. The molecule has 2 atom stereocenters. The number of carbonyl (C=O) groups excluding carboxylic acids is 1. The van der Waals surface area contributed by atoms with Gasteiger partial charge in [-0.3, -0.25) is 19.7 Å². The molecule has 0 saturated carbocycles. The maximum absolute atomic E-state index is 13.3. The normalized spacial score (nSPS) is 18.6. The summed E-state index contributed by atoms with van der Waals surface area (Å²) in [6.45, 7) is 2.12. The van der Waals surface area contributed by atoms with Crippen molar-refractivity contribution in [3.05, 3.63) is 103 Å². The molecule has 0 radical (unpaired) electrons. The van der Waals surface area contributed by atoms with E-state index in [1.165, 1.54) is 6.07 Å². The van der Waals surface area contributed by atoms with Crippen LogP contribution in [0.25, 0.3) is 0 Å². The molecule has 2 aromatic carbocycles. The third-order valence-corrected chi connectivity index (χ3v) is 7.10. The third kappa shape index (κ3) is 4.79. The lowest BCUT2D eigenvalue weighted by Gasteiger charge is -2.42. The highest BCUT2D eigenvalue weighted by Crippen LogP contribution is 2.36. The summed E-state index contributed by atoms with van der Waals surface area (Å²) in [6.07, 6.45) is 1.61. The van der Waals surface area contributed by atoms with Crippen molar-refractivity contribution < 1.29 is 9.72 Å². The molecule has 1 N–H and O–H groups in total. The van der Waals surface area contributed by atoms with E-state index in [2.05, 4.69) is 5.32 Å². The van der Waals surface area contributed by atoms with Crippen LogP contribution in [-0.4, -0.2) is 39.9 Å². The van der Waals surface area contributed by atoms with Crippen LogP contribution in [-0.2, 0) is 13.0 Å². The summed E-state index contributed by atoms with van der Waals surface area (Å²) in [4.78, 5) is 38.6. The molecule has 1 amide bonds. The van der Waals surface area contributed by atoms with Gasteiger partial charge in [-0.2, -0.15) is 0 Å². The van der Waals surface area contributed by atoms with Crippen molar-refractivity contribution in [3.63, 3.8) is 0 Å². The second kappa shape index (κ2) is 9.54. The molecule has 5 rings (SSSR count). The van der Waals surface area contributed by atoms with Gasteiger partial charge in [-0.05, 0) is 54.7 Å². The summed E-state index contributed by atoms with van der Waals surface area (Å²) in [7, 11) is 0. The number of carbonyl (C=O) groups is 1. The van der Waals surface area contributed by atoms with E-state index >= 15 is 0 Å². The number of nitrogens with zero attached hydrogens (tertiary/aromatic N) is 3. The molecule has 2 aliphatic heterocycles. The number of halogens is 1. The Kier molecular flexibility index (Phi) is 6.30. The molecule has 2 bridgehead atoms. The van der Waals surface area contributed by atoms with Crippen molar-refractivity contribution in [3.8, 4) is 0 Å². The zero-order chi connectivity index (χ0) is 24.5. The molecule has 0 aliphatic carbocycles. The first-order chi connectivity index (χ1) is 16.9. The molecule has 2 aliphatic rings. The molecular formula is C26H25ClN4O4. The van der Waals surface area contributed by atoms with Crippen molar-refractivity contribution >= 4 is 28.9 Å². The Labute approximate surface area is 207 Å². The van der Waals surface area contributed by atoms with Gasteiger partial charge in [-0.1, -0.05) is 29.8 Å². The van der Waals surface area contributed by atoms with E-state index in [9.17, 15) is 19.7 Å². The molecule has 2 unspecified atom stereocenters. The van der Waals surface area contributed by atoms with Crippen molar-refractivity contribution in [1.82, 2.24) is 9.47 Å². The van der Waals surface area contributed by atoms with Gasteiger partial charge in [-0.15, -0.1) is 0 Å². The number of nitro benzene ring substituents is 1. The maximum atomic E-state index is 13.3. The highest BCUT2D eigenvalue weighted by atomic mass is 35.5. The number of hydrogen-bond donors (Lipinski definition) is 1. The van der Waals surface area contributed by atoms with Crippen molar-refractivity contribution in [2.45, 2.75) is 25.3 Å². The van der Waals surface area contributed by atoms with Gasteiger partial charge >= 0.3 is 0 Å². The largest absolute Gasteiger partial charge is 0.379 e. The number of pyridine rings is 1. The SMILES string of the molecule is O=C(c1ccc(NCCc2ccc(Cl)cc2)c([N+](=O)[O-])c1)N1CC2CC(C1)c1cccc(=O)n1C2. The highest BCUT2D eigenvalue weighted by molar-refractivity contribution is 6.30. The monoisotopic (exact) mass is 492 g/mol. The maximum Gasteiger partial charge on any atom is 0.293 e. The van der Waals surface area contributed by atoms with Crippen LogP contribution in [0.1, 0.15) is 34.0 Å². The lowest BCUT2D eigenvalue weighted by molar-refractivity contribution is -0.384. The van der Waals surface area contributed by atoms with Crippen LogP contribution < -0.4 is 10.9 Å². The molecule has 1 aromatic heterocycles. The van der Waals surface area contributed by atoms with Crippen molar-refractivity contribution in [1.29, 1.82) is 0 Å². The van der Waals surface area contributed by atoms with Crippen LogP contribution in [0.2, 0.25) is 5.02 Å². The topological polar surface area (TPSA) is 97.5 Å². The van der Waals surface area contributed by atoms with Gasteiger partial charge in [0.25, 0.3) is 17.2 Å². The van der Waals surface area contributed by atoms with Gasteiger partial charge in [-0.25, -0.2) is 0 Å². The summed E-state index contributed by atoms with van der Waals surface area (Å²) < 4.78 is 1.82. The Morgan fingerprint density at radius 3 is 2.66 bits per heavy atom. The van der Waals surface area contributed by atoms with Gasteiger partial charge in [0.05, 0.1) is 4.92 Å². The van der Waals surface area contributed by atoms with Gasteiger partial charge in [0.15, 0.2) is 0 Å². The average molecular weight is 493 g/mol. The van der Waals surface area contributed by atoms with Crippen LogP contribution in [0.15, 0.2) is 65.5 Å². The van der Waals surface area contributed by atoms with Crippen LogP contribution in [0, 0.1) is 16.0 Å². The van der Waals surface area contributed by atoms with E-state index in [4.69, 9.17) is 11.6 Å². The zero-order valence-electron chi connectivity index (χ0n) is 19.0. The van der Waals surface area contributed by atoms with Gasteiger partial charge < -0.3 is 14.8 Å². The Morgan fingerprint density at radius 1 is 1.09 bits per heavy atom. The quantitative estimate of drug-likeness (QED) is 0.408. The minimum atomic E-state index is -0.463. The van der Waals surface area contributed by atoms with Crippen LogP contribution in [0.5, 0.6) is 0 Å². The lowest BCUT2D eigenvalue weighted by Crippen LogP contribution is -2.49. The van der Waals surface area contributed by atoms with Crippen LogP contribution in [0.4, 0.5) is 11.4 Å². The third-order valence-electron chi connectivity index (χ3n) is 6.85. The number of rotatable bonds is 6. The number of amides is 1. The molecule has 8 nitrogen and oxygen atoms in total. The first kappa shape index (κ1) is 23.1. The summed E-state index contributed by atoms with van der Waals surface area (Å²) in [5.74, 6) is 0.0560. The number of likely N-dealkylation sites (tertiary alicyclic amines) is 1. The Morgan fingerprint density at radius 2 is 1.89 bits per heavy atom. The second-order valence-corrected chi connectivity index (χ2v) is 9.64. The van der Waals surface area contributed by atoms with Crippen molar-refractivity contribution in [2.75, 3.05) is 25.0 Å². The molecule has 9 heteroatoms. The number of nitrogens with one attached hydrogen (secondary N) is 1. The Bertz CT molecular complexity index is 1340. The fourth-order valence-electron chi connectivity index (χ4n) is 5.20. The van der Waals surface area contributed by atoms with Gasteiger partial charge in [0.2, 0.25) is 0 Å². The number of aromatic nitrogens is 1. The van der Waals surface area contributed by atoms with E-state index in [1.807, 2.05) is 34.9 Å². The molecule has 0 spiro atoms. The first-order valence-electron chi connectivity index (χ1n) is 11.6. The van der Waals surface area contributed by atoms with E-state index in [0.717, 1.165) is 17.7 Å². The summed E-state index contributed by atoms with van der Waals surface area (Å²) >= 11 is 5.91. The van der Waals surface area contributed by atoms with Crippen LogP contribution in [0.3, 0.4) is 0 Å². The van der Waals surface area contributed by atoms with Crippen LogP contribution >= 0.6 is 11.6 Å². The van der Waals surface area contributed by atoms with E-state index in [-0.39, 0.29) is 29.0 Å². The first-order valence-corrected chi connectivity index (χ1v) is 12.0. The van der Waals surface area contributed by atoms with Crippen molar-refractivity contribution in [2.24, 2.45) is 5.92 Å². The minimum Gasteiger partial charge on any atom is -0.379 e. The number of anilines is 1. The van der Waals surface area contributed by atoms with E-state index in [0.29, 0.717) is 48.9 Å². The number of piperidine rings is 1. The van der Waals surface area contributed by atoms with E-state index < -0.39 is 4.92 Å². The average Bonchev–Trinajstić information content (AvgIpc) is 2.85. The predicted octanol–water partition coefficient (Wildman–Crippen LogP) is 4.32. The number of nitro groups is 1. The van der Waals surface area contributed by atoms with Gasteiger partial charge in [0.1, 0.15) is 5.69 Å². The number of benzene rings is 2. The summed E-state index contributed by atoms with van der Waals surface area (Å²) in [5, 5.41) is 15.5. The molecule has 180 valence electrons. The molecule has 3 aromatic rings. The smallest absolute Gasteiger partial charge is 0.293 e. The fraction of sp³-hybridized carbons (Fsp3) is 0.308. The summed E-state index contributed by atoms with van der Waals surface area (Å²) in [5.41, 5.74) is 2.57. The molecule has 3 heterocycles. The minimum absolute atomic E-state index is 0.00764. The zero-order valence-corrected chi connectivity index (χ0v) is 19.8. The number of fused-ring (bicyclic) bond motifs is 4. The highest BCUT2D eigenvalue weighted by Gasteiger charge is 2.36. The lowest BCUT2D eigenvalue weighted by atomic mass is 9.83. The number of hydrogen-bond acceptors (Lipinski definition) is 5. The second-order valence-electron chi connectivity index (χ2n) is 9.20. The Balaban J connectivity index is 1.30. The molecular weight excluding hydrogens is 468 g/mol. The van der Waals surface area contributed by atoms with E-state index in [1.54, 1.807) is 29.2 Å². The van der Waals surface area contributed by atoms with Gasteiger partial charge in [0, 0.05) is 60.5 Å². The standard InChI is InChI=1S/C26H25ClN4O4/c27-21-7-4-17(5-8-21)10-11-28-22-9-6-19(13-24(22)31(34)35)26(33)29-14-18-12-20(16-29)23-2-1-3-25(32)30(23)15-18/h1-9,13,18,20,28H,10-12,14-16H2. The predicted molar refractivity (Wildman–Crippen MR) is 134 cm³/mol. The molecule has 1 fully saturated rings. The molecule has 1 saturated heterocycles. The fourth-order valence-corrected chi connectivity index (χ4v) is 5.33. The Hall–Kier alpha value is -3.65.